The highest BCUT2D eigenvalue weighted by Gasteiger charge is 2.10. The molecule has 5 rings (SSSR count). The number of fused-ring (bicyclic) bond motifs is 2. The van der Waals surface area contributed by atoms with Crippen molar-refractivity contribution in [3.8, 4) is 5.75 Å². The van der Waals surface area contributed by atoms with Crippen molar-refractivity contribution in [2.24, 2.45) is 5.10 Å². The van der Waals surface area contributed by atoms with Crippen LogP contribution in [0.4, 0.5) is 0 Å². The lowest BCUT2D eigenvalue weighted by molar-refractivity contribution is 0.0955. The van der Waals surface area contributed by atoms with Crippen molar-refractivity contribution >= 4 is 33.9 Å². The highest BCUT2D eigenvalue weighted by Crippen LogP contribution is 2.26. The second-order valence-electron chi connectivity index (χ2n) is 7.68. The maximum atomic E-state index is 12.7. The number of aromatic nitrogens is 2. The van der Waals surface area contributed by atoms with Crippen LogP contribution in [0.5, 0.6) is 5.75 Å². The smallest absolute Gasteiger partial charge is 0.271 e. The molecule has 2 N–H and O–H groups in total. The van der Waals surface area contributed by atoms with Gasteiger partial charge in [-0.3, -0.25) is 4.79 Å². The van der Waals surface area contributed by atoms with Crippen molar-refractivity contribution in [3.05, 3.63) is 107 Å². The average molecular weight is 434 g/mol. The van der Waals surface area contributed by atoms with E-state index in [0.29, 0.717) is 17.7 Å². The molecule has 1 amide bonds. The second-order valence-corrected chi connectivity index (χ2v) is 7.68. The van der Waals surface area contributed by atoms with Crippen molar-refractivity contribution in [3.63, 3.8) is 0 Å². The van der Waals surface area contributed by atoms with Crippen molar-refractivity contribution in [2.45, 2.75) is 6.42 Å². The number of nitrogens with zero attached hydrogens (tertiary/aromatic N) is 2. The number of hydrogen-bond acceptors (Lipinski definition) is 4. The zero-order valence-corrected chi connectivity index (χ0v) is 18.1. The van der Waals surface area contributed by atoms with Crippen LogP contribution in [0.25, 0.3) is 21.8 Å². The van der Waals surface area contributed by atoms with E-state index in [1.165, 1.54) is 5.56 Å². The first-order valence-electron chi connectivity index (χ1n) is 10.6. The summed E-state index contributed by atoms with van der Waals surface area (Å²) in [5.41, 5.74) is 6.73. The second kappa shape index (κ2) is 8.96. The van der Waals surface area contributed by atoms with Crippen LogP contribution in [0.3, 0.4) is 0 Å². The summed E-state index contributed by atoms with van der Waals surface area (Å²) in [4.78, 5) is 20.6. The van der Waals surface area contributed by atoms with Gasteiger partial charge in [-0.2, -0.15) is 5.10 Å². The van der Waals surface area contributed by atoms with E-state index in [1.54, 1.807) is 25.5 Å². The van der Waals surface area contributed by atoms with Gasteiger partial charge in [0.25, 0.3) is 5.91 Å². The Morgan fingerprint density at radius 3 is 2.70 bits per heavy atom. The van der Waals surface area contributed by atoms with Crippen LogP contribution >= 0.6 is 0 Å². The Hall–Kier alpha value is -4.45. The SMILES string of the molecule is COc1ccc2ccccc2c1/C=N\NC(=O)c1ccc2nc(Cc3ccccc3)[nH]c2c1. The molecule has 0 spiro atoms. The molecule has 4 aromatic carbocycles. The molecule has 0 saturated heterocycles. The Morgan fingerprint density at radius 1 is 1.03 bits per heavy atom. The standard InChI is InChI=1S/C27H22N4O2/c1-33-25-14-12-19-9-5-6-10-21(19)22(25)17-28-31-27(32)20-11-13-23-24(16-20)30-26(29-23)15-18-7-3-2-4-8-18/h2-14,16-17H,15H2,1H3,(H,29,30)(H,31,32)/b28-17-. The molecule has 162 valence electrons. The minimum atomic E-state index is -0.299. The number of ether oxygens (including phenoxy) is 1. The van der Waals surface area contributed by atoms with Gasteiger partial charge >= 0.3 is 0 Å². The van der Waals surface area contributed by atoms with Crippen LogP contribution in [-0.2, 0) is 6.42 Å². The van der Waals surface area contributed by atoms with Crippen LogP contribution in [0.15, 0.2) is 90.0 Å². The van der Waals surface area contributed by atoms with E-state index >= 15 is 0 Å². The topological polar surface area (TPSA) is 79.4 Å². The van der Waals surface area contributed by atoms with Gasteiger partial charge in [0.05, 0.1) is 24.4 Å². The fourth-order valence-electron chi connectivity index (χ4n) is 3.88. The number of carbonyl (C=O) groups is 1. The van der Waals surface area contributed by atoms with Gasteiger partial charge in [0.1, 0.15) is 11.6 Å². The predicted molar refractivity (Wildman–Crippen MR) is 131 cm³/mol. The minimum Gasteiger partial charge on any atom is -0.496 e. The van der Waals surface area contributed by atoms with Crippen LogP contribution in [-0.4, -0.2) is 29.2 Å². The zero-order valence-electron chi connectivity index (χ0n) is 18.1. The third kappa shape index (κ3) is 4.32. The Morgan fingerprint density at radius 2 is 1.85 bits per heavy atom. The molecule has 0 saturated carbocycles. The lowest BCUT2D eigenvalue weighted by Crippen LogP contribution is -2.17. The number of benzene rings is 4. The Bertz CT molecular complexity index is 1470. The highest BCUT2D eigenvalue weighted by atomic mass is 16.5. The van der Waals surface area contributed by atoms with Crippen molar-refractivity contribution in [2.75, 3.05) is 7.11 Å². The normalized spacial score (nSPS) is 11.3. The lowest BCUT2D eigenvalue weighted by Gasteiger charge is -2.08. The van der Waals surface area contributed by atoms with Crippen LogP contribution < -0.4 is 10.2 Å². The quantitative estimate of drug-likeness (QED) is 0.289. The number of rotatable bonds is 6. The van der Waals surface area contributed by atoms with Crippen LogP contribution in [0.1, 0.15) is 27.3 Å². The van der Waals surface area contributed by atoms with Gasteiger partial charge in [-0.25, -0.2) is 10.4 Å². The number of aromatic amines is 1. The molecule has 0 unspecified atom stereocenters. The number of hydrazone groups is 1. The summed E-state index contributed by atoms with van der Waals surface area (Å²) in [5, 5.41) is 6.26. The maximum absolute atomic E-state index is 12.7. The fourth-order valence-corrected chi connectivity index (χ4v) is 3.88. The van der Waals surface area contributed by atoms with Crippen molar-refractivity contribution in [1.29, 1.82) is 0 Å². The summed E-state index contributed by atoms with van der Waals surface area (Å²) in [5.74, 6) is 1.25. The third-order valence-corrected chi connectivity index (χ3v) is 5.52. The van der Waals surface area contributed by atoms with Gasteiger partial charge in [0.2, 0.25) is 0 Å². The van der Waals surface area contributed by atoms with E-state index in [0.717, 1.165) is 33.2 Å². The summed E-state index contributed by atoms with van der Waals surface area (Å²) in [7, 11) is 1.62. The van der Waals surface area contributed by atoms with Crippen LogP contribution in [0.2, 0.25) is 0 Å². The fraction of sp³-hybridized carbons (Fsp3) is 0.0741. The molecule has 1 aromatic heterocycles. The number of nitrogens with one attached hydrogen (secondary N) is 2. The van der Waals surface area contributed by atoms with E-state index < -0.39 is 0 Å². The summed E-state index contributed by atoms with van der Waals surface area (Å²) in [6, 6.07) is 27.4. The molecule has 0 aliphatic heterocycles. The third-order valence-electron chi connectivity index (χ3n) is 5.52. The molecule has 33 heavy (non-hydrogen) atoms. The number of methoxy groups -OCH3 is 1. The largest absolute Gasteiger partial charge is 0.496 e. The summed E-state index contributed by atoms with van der Waals surface area (Å²) >= 11 is 0. The first kappa shape index (κ1) is 20.5. The number of imidazole rings is 1. The average Bonchev–Trinajstić information content (AvgIpc) is 3.26. The summed E-state index contributed by atoms with van der Waals surface area (Å²) in [6.45, 7) is 0. The number of H-pyrrole nitrogens is 1. The molecule has 5 aromatic rings. The zero-order chi connectivity index (χ0) is 22.6. The molecule has 6 heteroatoms. The van der Waals surface area contributed by atoms with E-state index in [9.17, 15) is 4.79 Å². The molecule has 6 nitrogen and oxygen atoms in total. The van der Waals surface area contributed by atoms with Gasteiger partial charge in [-0.15, -0.1) is 0 Å². The number of hydrogen-bond donors (Lipinski definition) is 2. The molecular weight excluding hydrogens is 412 g/mol. The number of carbonyl (C=O) groups excluding carboxylic acids is 1. The van der Waals surface area contributed by atoms with Gasteiger partial charge in [0.15, 0.2) is 0 Å². The summed E-state index contributed by atoms with van der Waals surface area (Å²) in [6.07, 6.45) is 2.32. The number of amides is 1. The van der Waals surface area contributed by atoms with Gasteiger partial charge in [-0.05, 0) is 40.6 Å². The van der Waals surface area contributed by atoms with Crippen LogP contribution in [0, 0.1) is 0 Å². The first-order valence-corrected chi connectivity index (χ1v) is 10.6. The molecule has 0 aliphatic carbocycles. The molecular formula is C27H22N4O2. The predicted octanol–water partition coefficient (Wildman–Crippen LogP) is 5.08. The molecule has 1 heterocycles. The molecule has 0 radical (unpaired) electrons. The molecule has 0 fully saturated rings. The Balaban J connectivity index is 1.34. The van der Waals surface area contributed by atoms with Gasteiger partial charge in [0, 0.05) is 17.5 Å². The van der Waals surface area contributed by atoms with Crippen molar-refractivity contribution in [1.82, 2.24) is 15.4 Å². The lowest BCUT2D eigenvalue weighted by atomic mass is 10.0. The van der Waals surface area contributed by atoms with E-state index in [2.05, 4.69) is 32.6 Å². The first-order chi connectivity index (χ1) is 16.2. The summed E-state index contributed by atoms with van der Waals surface area (Å²) < 4.78 is 5.47. The highest BCUT2D eigenvalue weighted by molar-refractivity contribution is 6.03. The molecule has 0 atom stereocenters. The maximum Gasteiger partial charge on any atom is 0.271 e. The Kier molecular flexibility index (Phi) is 5.55. The van der Waals surface area contributed by atoms with E-state index in [-0.39, 0.29) is 5.91 Å². The molecule has 0 aliphatic rings. The monoisotopic (exact) mass is 434 g/mol. The van der Waals surface area contributed by atoms with Gasteiger partial charge in [-0.1, -0.05) is 60.7 Å². The van der Waals surface area contributed by atoms with Gasteiger partial charge < -0.3 is 9.72 Å². The minimum absolute atomic E-state index is 0.299. The van der Waals surface area contributed by atoms with E-state index in [1.807, 2.05) is 60.7 Å². The van der Waals surface area contributed by atoms with Crippen molar-refractivity contribution < 1.29 is 9.53 Å². The molecule has 0 bridgehead atoms. The Labute approximate surface area is 190 Å². The van der Waals surface area contributed by atoms with E-state index in [4.69, 9.17) is 4.74 Å².